The van der Waals surface area contributed by atoms with Gasteiger partial charge in [0, 0.05) is 30.7 Å². The summed E-state index contributed by atoms with van der Waals surface area (Å²) in [5.41, 5.74) is -0.483. The molecule has 14 nitrogen and oxygen atoms in total. The van der Waals surface area contributed by atoms with Crippen molar-refractivity contribution in [2.75, 3.05) is 6.61 Å². The van der Waals surface area contributed by atoms with Gasteiger partial charge in [-0.3, -0.25) is 9.59 Å². The molecule has 1 aliphatic heterocycles. The highest BCUT2D eigenvalue weighted by molar-refractivity contribution is 5.88. The van der Waals surface area contributed by atoms with E-state index >= 15 is 0 Å². The number of ether oxygens (including phenoxy) is 4. The first-order chi connectivity index (χ1) is 21.9. The first kappa shape index (κ1) is 31.8. The number of aliphatic hydroxyl groups is 2. The molecule has 14 heteroatoms. The number of fused-ring (bicyclic) bond motifs is 1. The van der Waals surface area contributed by atoms with Gasteiger partial charge in [-0.25, -0.2) is 4.79 Å². The van der Waals surface area contributed by atoms with Crippen molar-refractivity contribution in [3.63, 3.8) is 0 Å². The van der Waals surface area contributed by atoms with Gasteiger partial charge in [0.15, 0.2) is 11.9 Å². The van der Waals surface area contributed by atoms with E-state index in [-0.39, 0.29) is 28.4 Å². The van der Waals surface area contributed by atoms with E-state index < -0.39 is 77.3 Å². The van der Waals surface area contributed by atoms with E-state index in [0.717, 1.165) is 25.1 Å². The van der Waals surface area contributed by atoms with Crippen LogP contribution in [0.4, 0.5) is 0 Å². The van der Waals surface area contributed by atoms with Gasteiger partial charge in [0.25, 0.3) is 0 Å². The predicted octanol–water partition coefficient (Wildman–Crippen LogP) is 2.30. The molecule has 0 radical (unpaired) electrons. The Hall–Kier alpha value is -5.57. The maximum Gasteiger partial charge on any atom is 0.331 e. The summed E-state index contributed by atoms with van der Waals surface area (Å²) in [5, 5.41) is 61.1. The number of phenolic OH excluding ortho intramolecular Hbond substituents is 4. The molecule has 46 heavy (non-hydrogen) atoms. The fourth-order valence-corrected chi connectivity index (χ4v) is 4.68. The standard InChI is InChI=1S/C32H28O14/c1-15(33)42-14-23-26(39)28(41)31(45-24(38)11-4-16-2-7-18(34)8-3-16)32(44-23)46-30-27(40)25-21(37)12-20(36)13-22(25)43-29(30)17-5-9-19(35)10-6-17/h2-13,23,26,28,31-32,34-37,39,41H,14H2,1H3. The molecule has 1 saturated heterocycles. The van der Waals surface area contributed by atoms with Crippen LogP contribution < -0.4 is 10.2 Å². The van der Waals surface area contributed by atoms with Crippen molar-refractivity contribution in [3.8, 4) is 40.1 Å². The largest absolute Gasteiger partial charge is 0.508 e. The second kappa shape index (κ2) is 13.2. The van der Waals surface area contributed by atoms with Crippen LogP contribution in [-0.2, 0) is 23.8 Å². The second-order valence-electron chi connectivity index (χ2n) is 10.2. The third kappa shape index (κ3) is 6.89. The molecule has 0 bridgehead atoms. The zero-order valence-corrected chi connectivity index (χ0v) is 24.0. The maximum atomic E-state index is 13.8. The number of hydrogen-bond acceptors (Lipinski definition) is 14. The van der Waals surface area contributed by atoms with Crippen molar-refractivity contribution in [2.24, 2.45) is 0 Å². The Labute approximate surface area is 259 Å². The minimum absolute atomic E-state index is 0.00875. The maximum absolute atomic E-state index is 13.8. The van der Waals surface area contributed by atoms with Gasteiger partial charge >= 0.3 is 11.9 Å². The monoisotopic (exact) mass is 636 g/mol. The summed E-state index contributed by atoms with van der Waals surface area (Å²) in [4.78, 5) is 38.1. The second-order valence-corrected chi connectivity index (χ2v) is 10.2. The normalized spacial score (nSPS) is 21.2. The molecule has 1 aromatic heterocycles. The summed E-state index contributed by atoms with van der Waals surface area (Å²) in [6, 6.07) is 13.2. The first-order valence-corrected chi connectivity index (χ1v) is 13.7. The van der Waals surface area contributed by atoms with Crippen LogP contribution in [0.2, 0.25) is 0 Å². The molecule has 0 aliphatic carbocycles. The Morgan fingerprint density at radius 1 is 0.891 bits per heavy atom. The Morgan fingerprint density at radius 2 is 1.54 bits per heavy atom. The minimum atomic E-state index is -1.89. The van der Waals surface area contributed by atoms with Crippen molar-refractivity contribution in [2.45, 2.75) is 37.6 Å². The highest BCUT2D eigenvalue weighted by Gasteiger charge is 2.49. The number of hydrogen-bond donors (Lipinski definition) is 6. The summed E-state index contributed by atoms with van der Waals surface area (Å²) in [6.45, 7) is 0.561. The number of aromatic hydroxyl groups is 4. The van der Waals surface area contributed by atoms with Gasteiger partial charge in [0.2, 0.25) is 17.5 Å². The molecule has 5 unspecified atom stereocenters. The highest BCUT2D eigenvalue weighted by atomic mass is 16.7. The van der Waals surface area contributed by atoms with Crippen LogP contribution in [-0.4, -0.2) is 79.9 Å². The van der Waals surface area contributed by atoms with Gasteiger partial charge in [-0.05, 0) is 48.0 Å². The molecule has 4 aromatic rings. The molecule has 0 spiro atoms. The van der Waals surface area contributed by atoms with E-state index in [1.807, 2.05) is 0 Å². The van der Waals surface area contributed by atoms with Gasteiger partial charge in [0.1, 0.15) is 58.9 Å². The van der Waals surface area contributed by atoms with E-state index in [0.29, 0.717) is 5.56 Å². The lowest BCUT2D eigenvalue weighted by Crippen LogP contribution is -2.61. The number of rotatable bonds is 8. The zero-order chi connectivity index (χ0) is 33.1. The fraction of sp³-hybridized carbons (Fsp3) is 0.219. The smallest absolute Gasteiger partial charge is 0.331 e. The Balaban J connectivity index is 1.56. The molecule has 6 N–H and O–H groups in total. The van der Waals surface area contributed by atoms with Crippen molar-refractivity contribution < 1.29 is 63.6 Å². The summed E-state index contributed by atoms with van der Waals surface area (Å²) in [7, 11) is 0. The predicted molar refractivity (Wildman–Crippen MR) is 158 cm³/mol. The molecule has 0 saturated carbocycles. The molecule has 3 aromatic carbocycles. The van der Waals surface area contributed by atoms with E-state index in [2.05, 4.69) is 0 Å². The molecular weight excluding hydrogens is 608 g/mol. The SMILES string of the molecule is CC(=O)OCC1OC(Oc2c(-c3ccc(O)cc3)oc3cc(O)cc(O)c3c2=O)C(OC(=O)C=Cc2ccc(O)cc2)C(O)C1O. The third-order valence-electron chi connectivity index (χ3n) is 6.93. The van der Waals surface area contributed by atoms with Crippen molar-refractivity contribution in [3.05, 3.63) is 82.5 Å². The van der Waals surface area contributed by atoms with Crippen molar-refractivity contribution in [1.29, 1.82) is 0 Å². The van der Waals surface area contributed by atoms with Crippen LogP contribution in [0.15, 0.2) is 76.0 Å². The van der Waals surface area contributed by atoms with Crippen LogP contribution in [0.3, 0.4) is 0 Å². The molecular formula is C32H28O14. The van der Waals surface area contributed by atoms with E-state index in [1.54, 1.807) is 0 Å². The van der Waals surface area contributed by atoms with Crippen LogP contribution in [0.5, 0.6) is 28.7 Å². The lowest BCUT2D eigenvalue weighted by atomic mass is 9.99. The average molecular weight is 637 g/mol. The van der Waals surface area contributed by atoms with Crippen molar-refractivity contribution in [1.82, 2.24) is 0 Å². The Bertz CT molecular complexity index is 1830. The minimum Gasteiger partial charge on any atom is -0.508 e. The van der Waals surface area contributed by atoms with Gasteiger partial charge in [-0.15, -0.1) is 0 Å². The molecule has 0 amide bonds. The lowest BCUT2D eigenvalue weighted by Gasteiger charge is -2.41. The quantitative estimate of drug-likeness (QED) is 0.121. The summed E-state index contributed by atoms with van der Waals surface area (Å²) < 4.78 is 27.9. The van der Waals surface area contributed by atoms with Crippen molar-refractivity contribution >= 4 is 29.0 Å². The van der Waals surface area contributed by atoms with Crippen LogP contribution in [0, 0.1) is 0 Å². The van der Waals surface area contributed by atoms with Crippen LogP contribution in [0.1, 0.15) is 12.5 Å². The number of benzene rings is 3. The molecule has 2 heterocycles. The molecule has 1 aliphatic rings. The number of carbonyl (C=O) groups is 2. The Morgan fingerprint density at radius 3 is 2.20 bits per heavy atom. The number of carbonyl (C=O) groups excluding carboxylic acids is 2. The van der Waals surface area contributed by atoms with Gasteiger partial charge < -0.3 is 54.0 Å². The zero-order valence-electron chi connectivity index (χ0n) is 24.0. The third-order valence-corrected chi connectivity index (χ3v) is 6.93. The topological polar surface area (TPSA) is 223 Å². The van der Waals surface area contributed by atoms with Crippen LogP contribution in [0.25, 0.3) is 28.4 Å². The lowest BCUT2D eigenvalue weighted by molar-refractivity contribution is -0.282. The van der Waals surface area contributed by atoms with E-state index in [1.165, 1.54) is 54.6 Å². The van der Waals surface area contributed by atoms with E-state index in [9.17, 15) is 45.0 Å². The summed E-state index contributed by atoms with van der Waals surface area (Å²) in [6.07, 6.45) is -6.31. The highest BCUT2D eigenvalue weighted by Crippen LogP contribution is 2.38. The molecule has 240 valence electrons. The average Bonchev–Trinajstić information content (AvgIpc) is 3.00. The summed E-state index contributed by atoms with van der Waals surface area (Å²) in [5.74, 6) is -3.77. The van der Waals surface area contributed by atoms with Crippen LogP contribution >= 0.6 is 0 Å². The van der Waals surface area contributed by atoms with E-state index in [4.69, 9.17) is 23.4 Å². The van der Waals surface area contributed by atoms with Gasteiger partial charge in [0.05, 0.1) is 0 Å². The number of aliphatic hydroxyl groups excluding tert-OH is 2. The Kier molecular flexibility index (Phi) is 9.13. The molecule has 1 fully saturated rings. The number of phenols is 4. The van der Waals surface area contributed by atoms with Gasteiger partial charge in [-0.1, -0.05) is 12.1 Å². The molecule has 5 rings (SSSR count). The fourth-order valence-electron chi connectivity index (χ4n) is 4.68. The van der Waals surface area contributed by atoms with Gasteiger partial charge in [-0.2, -0.15) is 0 Å². The molecule has 5 atom stereocenters. The summed E-state index contributed by atoms with van der Waals surface area (Å²) >= 11 is 0. The number of esters is 2. The first-order valence-electron chi connectivity index (χ1n) is 13.7.